The zero-order chi connectivity index (χ0) is 22.9. The van der Waals surface area contributed by atoms with Crippen molar-refractivity contribution in [3.63, 3.8) is 0 Å². The van der Waals surface area contributed by atoms with Gasteiger partial charge in [-0.25, -0.2) is 13.1 Å². The van der Waals surface area contributed by atoms with E-state index in [-0.39, 0.29) is 11.4 Å². The van der Waals surface area contributed by atoms with Crippen molar-refractivity contribution >= 4 is 38.9 Å². The number of benzene rings is 2. The summed E-state index contributed by atoms with van der Waals surface area (Å²) in [6, 6.07) is 13.7. The number of nitrogens with zero attached hydrogens (tertiary/aromatic N) is 3. The molecule has 31 heavy (non-hydrogen) atoms. The van der Waals surface area contributed by atoms with Gasteiger partial charge < -0.3 is 5.32 Å². The van der Waals surface area contributed by atoms with Gasteiger partial charge in [-0.15, -0.1) is 0 Å². The van der Waals surface area contributed by atoms with Crippen LogP contribution in [-0.4, -0.2) is 36.5 Å². The lowest BCUT2D eigenvalue weighted by Crippen LogP contribution is -2.38. The predicted octanol–water partition coefficient (Wildman–Crippen LogP) is 2.85. The molecular weight excluding hydrogens is 440 g/mol. The molecule has 0 aliphatic rings. The van der Waals surface area contributed by atoms with Gasteiger partial charge in [-0.2, -0.15) is 0 Å². The number of aryl methyl sites for hydroxylation is 1. The van der Waals surface area contributed by atoms with E-state index in [2.05, 4.69) is 5.32 Å². The lowest BCUT2D eigenvalue weighted by molar-refractivity contribution is -0.114. The first kappa shape index (κ1) is 22.6. The van der Waals surface area contributed by atoms with Crippen LogP contribution in [0.1, 0.15) is 11.3 Å². The SMILES string of the molecule is Cc1ccc(N(CC(=O)Nc2c(C)n(C)n(-c3ccccc3)c2=O)S(C)(=O)=O)cc1Cl. The Labute approximate surface area is 185 Å². The number of carbonyl (C=O) groups excluding carboxylic acids is 1. The molecule has 0 unspecified atom stereocenters. The zero-order valence-corrected chi connectivity index (χ0v) is 19.2. The molecular formula is C21H23ClN4O4S. The summed E-state index contributed by atoms with van der Waals surface area (Å²) in [5.74, 6) is -0.645. The Morgan fingerprint density at radius 1 is 1.13 bits per heavy atom. The first-order valence-electron chi connectivity index (χ1n) is 9.38. The van der Waals surface area contributed by atoms with Crippen LogP contribution in [0, 0.1) is 13.8 Å². The van der Waals surface area contributed by atoms with E-state index in [4.69, 9.17) is 11.6 Å². The summed E-state index contributed by atoms with van der Waals surface area (Å²) in [5.41, 5.74) is 1.90. The normalized spacial score (nSPS) is 11.4. The van der Waals surface area contributed by atoms with Crippen LogP contribution in [0.25, 0.3) is 5.69 Å². The van der Waals surface area contributed by atoms with E-state index >= 15 is 0 Å². The van der Waals surface area contributed by atoms with Gasteiger partial charge in [0.25, 0.3) is 5.56 Å². The van der Waals surface area contributed by atoms with Crippen molar-refractivity contribution in [3.05, 3.63) is 75.2 Å². The summed E-state index contributed by atoms with van der Waals surface area (Å²) in [7, 11) is -2.07. The van der Waals surface area contributed by atoms with E-state index in [9.17, 15) is 18.0 Å². The number of anilines is 2. The van der Waals surface area contributed by atoms with Crippen LogP contribution in [0.4, 0.5) is 11.4 Å². The third-order valence-electron chi connectivity index (χ3n) is 4.95. The van der Waals surface area contributed by atoms with Gasteiger partial charge in [0, 0.05) is 12.1 Å². The summed E-state index contributed by atoms with van der Waals surface area (Å²) < 4.78 is 28.7. The van der Waals surface area contributed by atoms with Crippen LogP contribution in [-0.2, 0) is 21.9 Å². The molecule has 0 spiro atoms. The number of hydrogen-bond donors (Lipinski definition) is 1. The van der Waals surface area contributed by atoms with E-state index in [0.29, 0.717) is 16.4 Å². The average molecular weight is 463 g/mol. The molecule has 0 aliphatic heterocycles. The summed E-state index contributed by atoms with van der Waals surface area (Å²) in [6.45, 7) is 2.99. The molecule has 0 bridgehead atoms. The topological polar surface area (TPSA) is 93.4 Å². The quantitative estimate of drug-likeness (QED) is 0.609. The molecule has 0 fully saturated rings. The largest absolute Gasteiger partial charge is 0.318 e. The van der Waals surface area contributed by atoms with Gasteiger partial charge in [0.1, 0.15) is 12.2 Å². The van der Waals surface area contributed by atoms with Gasteiger partial charge in [-0.05, 0) is 43.7 Å². The second-order valence-electron chi connectivity index (χ2n) is 7.19. The molecule has 1 N–H and O–H groups in total. The standard InChI is InChI=1S/C21H23ClN4O4S/c1-14-10-11-17(12-18(14)22)25(31(4,29)30)13-19(27)23-20-15(2)24(3)26(21(20)28)16-8-6-5-7-9-16/h5-12H,13H2,1-4H3,(H,23,27). The van der Waals surface area contributed by atoms with Crippen molar-refractivity contribution < 1.29 is 13.2 Å². The molecule has 0 radical (unpaired) electrons. The van der Waals surface area contributed by atoms with Gasteiger partial charge in [0.05, 0.1) is 23.3 Å². The van der Waals surface area contributed by atoms with E-state index in [0.717, 1.165) is 16.1 Å². The van der Waals surface area contributed by atoms with Crippen molar-refractivity contribution in [1.82, 2.24) is 9.36 Å². The molecule has 0 saturated heterocycles. The summed E-state index contributed by atoms with van der Waals surface area (Å²) in [5, 5.41) is 2.96. The van der Waals surface area contributed by atoms with Crippen molar-refractivity contribution in [2.24, 2.45) is 7.05 Å². The first-order chi connectivity index (χ1) is 14.5. The minimum Gasteiger partial charge on any atom is -0.318 e. The Morgan fingerprint density at radius 2 is 1.77 bits per heavy atom. The number of carbonyl (C=O) groups is 1. The van der Waals surface area contributed by atoms with Gasteiger partial charge in [-0.1, -0.05) is 35.9 Å². The van der Waals surface area contributed by atoms with Crippen LogP contribution < -0.4 is 15.2 Å². The highest BCUT2D eigenvalue weighted by Crippen LogP contribution is 2.25. The summed E-state index contributed by atoms with van der Waals surface area (Å²) >= 11 is 6.13. The number of rotatable bonds is 6. The molecule has 1 amide bonds. The maximum absolute atomic E-state index is 13.0. The number of amides is 1. The number of halogens is 1. The second-order valence-corrected chi connectivity index (χ2v) is 9.50. The van der Waals surface area contributed by atoms with Crippen LogP contribution in [0.5, 0.6) is 0 Å². The molecule has 3 rings (SSSR count). The Kier molecular flexibility index (Phi) is 6.28. The minimum atomic E-state index is -3.78. The van der Waals surface area contributed by atoms with Crippen LogP contribution in [0.3, 0.4) is 0 Å². The molecule has 0 saturated carbocycles. The molecule has 3 aromatic rings. The fourth-order valence-electron chi connectivity index (χ4n) is 3.16. The molecule has 0 atom stereocenters. The van der Waals surface area contributed by atoms with E-state index in [1.54, 1.807) is 62.0 Å². The summed E-state index contributed by atoms with van der Waals surface area (Å²) in [6.07, 6.45) is 1.00. The smallest absolute Gasteiger partial charge is 0.295 e. The Balaban J connectivity index is 1.92. The lowest BCUT2D eigenvalue weighted by Gasteiger charge is -2.22. The number of para-hydroxylation sites is 1. The van der Waals surface area contributed by atoms with Crippen molar-refractivity contribution in [1.29, 1.82) is 0 Å². The van der Waals surface area contributed by atoms with Gasteiger partial charge in [0.2, 0.25) is 15.9 Å². The van der Waals surface area contributed by atoms with Crippen LogP contribution in [0.15, 0.2) is 53.3 Å². The van der Waals surface area contributed by atoms with Crippen molar-refractivity contribution in [2.75, 3.05) is 22.4 Å². The van der Waals surface area contributed by atoms with E-state index < -0.39 is 28.0 Å². The number of sulfonamides is 1. The highest BCUT2D eigenvalue weighted by Gasteiger charge is 2.24. The molecule has 2 aromatic carbocycles. The van der Waals surface area contributed by atoms with Gasteiger partial charge in [-0.3, -0.25) is 18.6 Å². The highest BCUT2D eigenvalue weighted by molar-refractivity contribution is 7.92. The third kappa shape index (κ3) is 4.67. The van der Waals surface area contributed by atoms with Crippen molar-refractivity contribution in [2.45, 2.75) is 13.8 Å². The zero-order valence-electron chi connectivity index (χ0n) is 17.6. The molecule has 8 nitrogen and oxygen atoms in total. The molecule has 1 heterocycles. The fraction of sp³-hybridized carbons (Fsp3) is 0.238. The monoisotopic (exact) mass is 462 g/mol. The fourth-order valence-corrected chi connectivity index (χ4v) is 4.18. The maximum atomic E-state index is 13.0. The summed E-state index contributed by atoms with van der Waals surface area (Å²) in [4.78, 5) is 25.7. The van der Waals surface area contributed by atoms with Crippen molar-refractivity contribution in [3.8, 4) is 5.69 Å². The molecule has 0 aliphatic carbocycles. The lowest BCUT2D eigenvalue weighted by atomic mass is 10.2. The molecule has 10 heteroatoms. The number of hydrogen-bond acceptors (Lipinski definition) is 4. The van der Waals surface area contributed by atoms with Gasteiger partial charge in [0.15, 0.2) is 0 Å². The van der Waals surface area contributed by atoms with Crippen LogP contribution >= 0.6 is 11.6 Å². The predicted molar refractivity (Wildman–Crippen MR) is 123 cm³/mol. The molecule has 1 aromatic heterocycles. The first-order valence-corrected chi connectivity index (χ1v) is 11.6. The molecule has 164 valence electrons. The van der Waals surface area contributed by atoms with Crippen LogP contribution in [0.2, 0.25) is 5.02 Å². The van der Waals surface area contributed by atoms with E-state index in [1.807, 2.05) is 6.07 Å². The Bertz CT molecular complexity index is 1300. The number of aromatic nitrogens is 2. The third-order valence-corrected chi connectivity index (χ3v) is 6.50. The number of nitrogens with one attached hydrogen (secondary N) is 1. The van der Waals surface area contributed by atoms with E-state index in [1.165, 1.54) is 10.7 Å². The highest BCUT2D eigenvalue weighted by atomic mass is 35.5. The Hall–Kier alpha value is -3.04. The Morgan fingerprint density at radius 3 is 2.35 bits per heavy atom. The van der Waals surface area contributed by atoms with Gasteiger partial charge >= 0.3 is 0 Å². The second kappa shape index (κ2) is 8.60. The average Bonchev–Trinajstić information content (AvgIpc) is 2.91. The minimum absolute atomic E-state index is 0.0896. The maximum Gasteiger partial charge on any atom is 0.295 e.